The molecule has 0 spiro atoms. The lowest BCUT2D eigenvalue weighted by Crippen LogP contribution is -2.40. The van der Waals surface area contributed by atoms with Crippen LogP contribution in [0.4, 0.5) is 0 Å². The molecule has 0 bridgehead atoms. The van der Waals surface area contributed by atoms with Crippen LogP contribution in [0.1, 0.15) is 4.88 Å². The predicted octanol–water partition coefficient (Wildman–Crippen LogP) is 0.621. The number of nitrogens with one attached hydrogen (secondary N) is 1. The highest BCUT2D eigenvalue weighted by molar-refractivity contribution is 7.16. The fraction of sp³-hybridized carbons (Fsp3) is 0.308. The molecule has 0 atom stereocenters. The summed E-state index contributed by atoms with van der Waals surface area (Å²) in [5.74, 6) is -0.279. The van der Waals surface area contributed by atoms with Gasteiger partial charge in [-0.25, -0.2) is 4.79 Å². The molecule has 0 fully saturated rings. The summed E-state index contributed by atoms with van der Waals surface area (Å²) in [7, 11) is 1.37. The number of aromatic nitrogens is 2. The van der Waals surface area contributed by atoms with Crippen LogP contribution >= 0.6 is 22.9 Å². The van der Waals surface area contributed by atoms with Crippen LogP contribution in [0.2, 0.25) is 4.34 Å². The molecule has 0 aliphatic heterocycles. The molecule has 0 radical (unpaired) electrons. The minimum Gasteiger partial charge on any atom is -0.354 e. The van der Waals surface area contributed by atoms with Gasteiger partial charge in [-0.15, -0.1) is 11.3 Å². The van der Waals surface area contributed by atoms with Gasteiger partial charge in [0.25, 0.3) is 5.56 Å². The van der Waals surface area contributed by atoms with Gasteiger partial charge in [0.2, 0.25) is 5.91 Å². The summed E-state index contributed by atoms with van der Waals surface area (Å²) in [5.41, 5.74) is -0.908. The van der Waals surface area contributed by atoms with Crippen molar-refractivity contribution in [3.05, 3.63) is 54.4 Å². The summed E-state index contributed by atoms with van der Waals surface area (Å²) >= 11 is 7.29. The molecule has 1 N–H and O–H groups in total. The van der Waals surface area contributed by atoms with E-state index in [1.165, 1.54) is 35.2 Å². The number of carbonyl (C=O) groups excluding carboxylic acids is 1. The molecule has 0 saturated heterocycles. The smallest absolute Gasteiger partial charge is 0.331 e. The molecule has 0 aromatic carbocycles. The number of rotatable bonds is 5. The summed E-state index contributed by atoms with van der Waals surface area (Å²) in [6.07, 6.45) is 2.01. The highest BCUT2D eigenvalue weighted by Crippen LogP contribution is 2.21. The standard InChI is InChI=1S/C13H14ClN3O3S/c1-16-12(19)5-7-17(13(16)20)8-11(18)15-6-4-9-2-3-10(14)21-9/h2-3,5,7H,4,6,8H2,1H3,(H,15,18). The SMILES string of the molecule is Cn1c(=O)ccn(CC(=O)NCCc2ccc(Cl)s2)c1=O. The Morgan fingerprint density at radius 1 is 1.33 bits per heavy atom. The number of hydrogen-bond acceptors (Lipinski definition) is 4. The highest BCUT2D eigenvalue weighted by atomic mass is 35.5. The number of carbonyl (C=O) groups is 1. The van der Waals surface area contributed by atoms with Gasteiger partial charge in [0.05, 0.1) is 4.34 Å². The Kier molecular flexibility index (Phi) is 4.98. The lowest BCUT2D eigenvalue weighted by Gasteiger charge is -2.07. The van der Waals surface area contributed by atoms with Crippen molar-refractivity contribution in [2.24, 2.45) is 7.05 Å². The third-order valence-electron chi connectivity index (χ3n) is 2.90. The van der Waals surface area contributed by atoms with Gasteiger partial charge in [-0.1, -0.05) is 11.6 Å². The highest BCUT2D eigenvalue weighted by Gasteiger charge is 2.07. The summed E-state index contributed by atoms with van der Waals surface area (Å²) in [4.78, 5) is 35.9. The van der Waals surface area contributed by atoms with Crippen molar-refractivity contribution in [1.82, 2.24) is 14.5 Å². The molecule has 21 heavy (non-hydrogen) atoms. The molecule has 0 aliphatic rings. The molecular weight excluding hydrogens is 314 g/mol. The first-order chi connectivity index (χ1) is 9.97. The second-order valence-corrected chi connectivity index (χ2v) is 6.23. The van der Waals surface area contributed by atoms with E-state index in [1.54, 1.807) is 0 Å². The van der Waals surface area contributed by atoms with E-state index in [-0.39, 0.29) is 12.5 Å². The molecular formula is C13H14ClN3O3S. The fourth-order valence-corrected chi connectivity index (χ4v) is 2.85. The van der Waals surface area contributed by atoms with Crippen LogP contribution in [0.3, 0.4) is 0 Å². The van der Waals surface area contributed by atoms with Gasteiger partial charge in [0, 0.05) is 30.7 Å². The summed E-state index contributed by atoms with van der Waals surface area (Å²) in [6, 6.07) is 4.98. The Bertz CT molecular complexity index is 763. The topological polar surface area (TPSA) is 73.1 Å². The Labute approximate surface area is 129 Å². The maximum Gasteiger partial charge on any atom is 0.331 e. The summed E-state index contributed by atoms with van der Waals surface area (Å²) in [5, 5.41) is 2.73. The van der Waals surface area contributed by atoms with Crippen molar-refractivity contribution in [2.75, 3.05) is 6.54 Å². The monoisotopic (exact) mass is 327 g/mol. The van der Waals surface area contributed by atoms with E-state index in [1.807, 2.05) is 12.1 Å². The third-order valence-corrected chi connectivity index (χ3v) is 4.19. The molecule has 6 nitrogen and oxygen atoms in total. The maximum absolute atomic E-state index is 11.8. The molecule has 2 aromatic rings. The van der Waals surface area contributed by atoms with Crippen LogP contribution in [0.25, 0.3) is 0 Å². The molecule has 0 unspecified atom stereocenters. The second kappa shape index (κ2) is 6.73. The minimum absolute atomic E-state index is 0.113. The molecule has 2 rings (SSSR count). The molecule has 112 valence electrons. The normalized spacial score (nSPS) is 10.6. The van der Waals surface area contributed by atoms with Gasteiger partial charge >= 0.3 is 5.69 Å². The van der Waals surface area contributed by atoms with E-state index >= 15 is 0 Å². The Morgan fingerprint density at radius 2 is 2.10 bits per heavy atom. The summed E-state index contributed by atoms with van der Waals surface area (Å²) < 4.78 is 2.87. The van der Waals surface area contributed by atoms with Crippen LogP contribution in [0.5, 0.6) is 0 Å². The van der Waals surface area contributed by atoms with E-state index in [2.05, 4.69) is 5.32 Å². The summed E-state index contributed by atoms with van der Waals surface area (Å²) in [6.45, 7) is 0.355. The zero-order chi connectivity index (χ0) is 15.4. The average Bonchev–Trinajstić information content (AvgIpc) is 2.85. The fourth-order valence-electron chi connectivity index (χ4n) is 1.76. The van der Waals surface area contributed by atoms with Gasteiger partial charge in [-0.3, -0.25) is 18.7 Å². The second-order valence-electron chi connectivity index (χ2n) is 4.43. The zero-order valence-corrected chi connectivity index (χ0v) is 12.9. The van der Waals surface area contributed by atoms with Crippen LogP contribution in [0, 0.1) is 0 Å². The lowest BCUT2D eigenvalue weighted by molar-refractivity contribution is -0.121. The van der Waals surface area contributed by atoms with Crippen LogP contribution in [-0.2, 0) is 24.8 Å². The number of hydrogen-bond donors (Lipinski definition) is 1. The van der Waals surface area contributed by atoms with Gasteiger partial charge in [-0.2, -0.15) is 0 Å². The molecule has 8 heteroatoms. The van der Waals surface area contributed by atoms with Crippen LogP contribution in [0.15, 0.2) is 34.0 Å². The van der Waals surface area contributed by atoms with Crippen LogP contribution < -0.4 is 16.6 Å². The van der Waals surface area contributed by atoms with E-state index in [0.29, 0.717) is 17.3 Å². The number of nitrogens with zero attached hydrogens (tertiary/aromatic N) is 2. The Balaban J connectivity index is 1.89. The molecule has 0 saturated carbocycles. The van der Waals surface area contributed by atoms with Gasteiger partial charge in [0.1, 0.15) is 6.54 Å². The van der Waals surface area contributed by atoms with Gasteiger partial charge < -0.3 is 5.32 Å². The van der Waals surface area contributed by atoms with Crippen molar-refractivity contribution in [3.8, 4) is 0 Å². The van der Waals surface area contributed by atoms with Crippen molar-refractivity contribution in [2.45, 2.75) is 13.0 Å². The lowest BCUT2D eigenvalue weighted by atomic mass is 10.3. The minimum atomic E-state index is -0.511. The van der Waals surface area contributed by atoms with Crippen molar-refractivity contribution >= 4 is 28.8 Å². The largest absolute Gasteiger partial charge is 0.354 e. The Morgan fingerprint density at radius 3 is 2.76 bits per heavy atom. The Hall–Kier alpha value is -1.86. The third kappa shape index (κ3) is 4.05. The maximum atomic E-state index is 11.8. The van der Waals surface area contributed by atoms with E-state index in [4.69, 9.17) is 11.6 Å². The molecule has 2 heterocycles. The van der Waals surface area contributed by atoms with Crippen molar-refractivity contribution < 1.29 is 4.79 Å². The van der Waals surface area contributed by atoms with Gasteiger partial charge in [0.15, 0.2) is 0 Å². The quantitative estimate of drug-likeness (QED) is 0.875. The van der Waals surface area contributed by atoms with Crippen LogP contribution in [-0.4, -0.2) is 21.6 Å². The van der Waals surface area contributed by atoms with E-state index < -0.39 is 11.2 Å². The van der Waals surface area contributed by atoms with Gasteiger partial charge in [-0.05, 0) is 18.6 Å². The van der Waals surface area contributed by atoms with E-state index in [9.17, 15) is 14.4 Å². The first-order valence-electron chi connectivity index (χ1n) is 6.25. The zero-order valence-electron chi connectivity index (χ0n) is 11.3. The first kappa shape index (κ1) is 15.5. The van der Waals surface area contributed by atoms with Crippen molar-refractivity contribution in [1.29, 1.82) is 0 Å². The number of amides is 1. The average molecular weight is 328 g/mol. The van der Waals surface area contributed by atoms with Crippen molar-refractivity contribution in [3.63, 3.8) is 0 Å². The molecule has 1 amide bonds. The molecule has 0 aliphatic carbocycles. The molecule has 2 aromatic heterocycles. The first-order valence-corrected chi connectivity index (χ1v) is 7.44. The predicted molar refractivity (Wildman–Crippen MR) is 82.0 cm³/mol. The number of halogens is 1. The number of thiophene rings is 1. The van der Waals surface area contributed by atoms with E-state index in [0.717, 1.165) is 9.44 Å².